The summed E-state index contributed by atoms with van der Waals surface area (Å²) in [6.45, 7) is 1.73. The van der Waals surface area contributed by atoms with Crippen molar-refractivity contribution in [3.05, 3.63) is 41.7 Å². The van der Waals surface area contributed by atoms with E-state index < -0.39 is 5.97 Å². The predicted molar refractivity (Wildman–Crippen MR) is 55.7 cm³/mol. The van der Waals surface area contributed by atoms with E-state index in [0.717, 1.165) is 0 Å². The van der Waals surface area contributed by atoms with Gasteiger partial charge in [-0.15, -0.1) is 0 Å². The molecule has 0 saturated heterocycles. The Bertz CT molecular complexity index is 522. The maximum atomic E-state index is 10.8. The van der Waals surface area contributed by atoms with Crippen LogP contribution in [0.3, 0.4) is 0 Å². The molecule has 2 rings (SSSR count). The molecule has 2 aromatic heterocycles. The molecule has 16 heavy (non-hydrogen) atoms. The monoisotopic (exact) mass is 219 g/mol. The van der Waals surface area contributed by atoms with Gasteiger partial charge in [0.1, 0.15) is 11.3 Å². The Hall–Kier alpha value is -2.30. The van der Waals surface area contributed by atoms with Crippen molar-refractivity contribution in [1.82, 2.24) is 5.16 Å². The minimum absolute atomic E-state index is 0.0420. The van der Waals surface area contributed by atoms with E-state index >= 15 is 0 Å². The fourth-order valence-corrected chi connectivity index (χ4v) is 1.33. The quantitative estimate of drug-likeness (QED) is 0.858. The smallest absolute Gasteiger partial charge is 0.341 e. The van der Waals surface area contributed by atoms with Crippen LogP contribution < -0.4 is 0 Å². The molecule has 0 aliphatic heterocycles. The molecule has 0 radical (unpaired) electrons. The van der Waals surface area contributed by atoms with Crippen LogP contribution in [-0.2, 0) is 0 Å². The molecule has 5 nitrogen and oxygen atoms in total. The zero-order chi connectivity index (χ0) is 11.5. The van der Waals surface area contributed by atoms with Gasteiger partial charge in [-0.1, -0.05) is 5.16 Å². The summed E-state index contributed by atoms with van der Waals surface area (Å²) in [5.74, 6) is -0.197. The standard InChI is InChI=1S/C11H9NO4/c1-7(5-8-3-2-4-15-8)10-9(11(13)14)6-12-16-10/h2-6H,1H3,(H,13,14)/b7-5-. The van der Waals surface area contributed by atoms with Crippen molar-refractivity contribution < 1.29 is 18.8 Å². The second-order valence-electron chi connectivity index (χ2n) is 3.22. The van der Waals surface area contributed by atoms with Crippen LogP contribution in [0.2, 0.25) is 0 Å². The first-order chi connectivity index (χ1) is 7.68. The molecule has 1 N–H and O–H groups in total. The molecule has 2 heterocycles. The van der Waals surface area contributed by atoms with E-state index in [1.165, 1.54) is 12.5 Å². The first-order valence-corrected chi connectivity index (χ1v) is 4.58. The number of carboxylic acid groups (broad SMARTS) is 1. The number of allylic oxidation sites excluding steroid dienone is 1. The third-order valence-corrected chi connectivity index (χ3v) is 2.06. The average Bonchev–Trinajstić information content (AvgIpc) is 2.86. The summed E-state index contributed by atoms with van der Waals surface area (Å²) in [4.78, 5) is 10.8. The molecule has 0 aliphatic carbocycles. The zero-order valence-electron chi connectivity index (χ0n) is 8.51. The van der Waals surface area contributed by atoms with E-state index in [9.17, 15) is 4.79 Å². The van der Waals surface area contributed by atoms with E-state index in [-0.39, 0.29) is 11.3 Å². The lowest BCUT2D eigenvalue weighted by Crippen LogP contribution is -1.97. The predicted octanol–water partition coefficient (Wildman–Crippen LogP) is 2.53. The molecule has 0 saturated carbocycles. The first-order valence-electron chi connectivity index (χ1n) is 4.58. The van der Waals surface area contributed by atoms with E-state index in [0.29, 0.717) is 11.3 Å². The molecule has 0 amide bonds. The van der Waals surface area contributed by atoms with Gasteiger partial charge >= 0.3 is 5.97 Å². The van der Waals surface area contributed by atoms with Gasteiger partial charge in [0.05, 0.1) is 12.5 Å². The van der Waals surface area contributed by atoms with Gasteiger partial charge in [-0.25, -0.2) is 4.79 Å². The molecule has 0 atom stereocenters. The Morgan fingerprint density at radius 1 is 1.56 bits per heavy atom. The Kier molecular flexibility index (Phi) is 2.59. The van der Waals surface area contributed by atoms with E-state index in [2.05, 4.69) is 5.16 Å². The van der Waals surface area contributed by atoms with Gasteiger partial charge in [0.2, 0.25) is 0 Å². The molecule has 82 valence electrons. The number of hydrogen-bond donors (Lipinski definition) is 1. The molecule has 0 aliphatic rings. The van der Waals surface area contributed by atoms with Gasteiger partial charge < -0.3 is 14.0 Å². The van der Waals surface area contributed by atoms with Crippen LogP contribution in [-0.4, -0.2) is 16.2 Å². The molecule has 5 heteroatoms. The Morgan fingerprint density at radius 2 is 2.38 bits per heavy atom. The highest BCUT2D eigenvalue weighted by Gasteiger charge is 2.16. The van der Waals surface area contributed by atoms with Crippen LogP contribution in [0.5, 0.6) is 0 Å². The topological polar surface area (TPSA) is 76.5 Å². The van der Waals surface area contributed by atoms with Crippen molar-refractivity contribution in [3.8, 4) is 0 Å². The van der Waals surface area contributed by atoms with Gasteiger partial charge in [-0.3, -0.25) is 0 Å². The summed E-state index contributed by atoms with van der Waals surface area (Å²) >= 11 is 0. The van der Waals surface area contributed by atoms with Gasteiger partial charge in [-0.05, 0) is 30.7 Å². The van der Waals surface area contributed by atoms with Crippen molar-refractivity contribution in [1.29, 1.82) is 0 Å². The third kappa shape index (κ3) is 1.88. The fourth-order valence-electron chi connectivity index (χ4n) is 1.33. The summed E-state index contributed by atoms with van der Waals surface area (Å²) in [5.41, 5.74) is 0.685. The molecule has 0 fully saturated rings. The molecule has 0 bridgehead atoms. The van der Waals surface area contributed by atoms with Gasteiger partial charge in [0, 0.05) is 0 Å². The summed E-state index contributed by atoms with van der Waals surface area (Å²) in [6, 6.07) is 3.51. The minimum atomic E-state index is -1.07. The maximum Gasteiger partial charge on any atom is 0.341 e. The van der Waals surface area contributed by atoms with Crippen LogP contribution in [0.15, 0.2) is 33.5 Å². The zero-order valence-corrected chi connectivity index (χ0v) is 8.51. The van der Waals surface area contributed by atoms with Crippen molar-refractivity contribution in [3.63, 3.8) is 0 Å². The molecule has 0 unspecified atom stereocenters. The van der Waals surface area contributed by atoms with Crippen LogP contribution in [0.4, 0.5) is 0 Å². The second kappa shape index (κ2) is 4.06. The average molecular weight is 219 g/mol. The number of carbonyl (C=O) groups is 1. The molecule has 2 aromatic rings. The van der Waals surface area contributed by atoms with Crippen molar-refractivity contribution >= 4 is 17.6 Å². The third-order valence-electron chi connectivity index (χ3n) is 2.06. The van der Waals surface area contributed by atoms with Crippen LogP contribution >= 0.6 is 0 Å². The summed E-state index contributed by atoms with van der Waals surface area (Å²) in [5, 5.41) is 12.3. The second-order valence-corrected chi connectivity index (χ2v) is 3.22. The number of furan rings is 1. The van der Waals surface area contributed by atoms with Crippen molar-refractivity contribution in [2.24, 2.45) is 0 Å². The normalized spacial score (nSPS) is 11.7. The van der Waals surface area contributed by atoms with Crippen LogP contribution in [0.25, 0.3) is 11.6 Å². The van der Waals surface area contributed by atoms with Gasteiger partial charge in [0.15, 0.2) is 5.76 Å². The summed E-state index contributed by atoms with van der Waals surface area (Å²) < 4.78 is 10.0. The molecule has 0 aromatic carbocycles. The number of carboxylic acids is 1. The Morgan fingerprint density at radius 3 is 3.00 bits per heavy atom. The first kappa shape index (κ1) is 10.2. The lowest BCUT2D eigenvalue weighted by molar-refractivity contribution is 0.0695. The lowest BCUT2D eigenvalue weighted by Gasteiger charge is -1.96. The number of aromatic carboxylic acids is 1. The number of nitrogens with zero attached hydrogens (tertiary/aromatic N) is 1. The highest BCUT2D eigenvalue weighted by Crippen LogP contribution is 2.21. The van der Waals surface area contributed by atoms with Crippen molar-refractivity contribution in [2.75, 3.05) is 0 Å². The Balaban J connectivity index is 2.37. The van der Waals surface area contributed by atoms with E-state index in [4.69, 9.17) is 14.0 Å². The number of rotatable bonds is 3. The molecule has 0 spiro atoms. The number of hydrogen-bond acceptors (Lipinski definition) is 4. The fraction of sp³-hybridized carbons (Fsp3) is 0.0909. The summed E-state index contributed by atoms with van der Waals surface area (Å²) in [7, 11) is 0. The van der Waals surface area contributed by atoms with Gasteiger partial charge in [-0.2, -0.15) is 0 Å². The lowest BCUT2D eigenvalue weighted by atomic mass is 10.1. The highest BCUT2D eigenvalue weighted by molar-refractivity contribution is 5.94. The molecular weight excluding hydrogens is 210 g/mol. The molecular formula is C11H9NO4. The van der Waals surface area contributed by atoms with E-state index in [1.807, 2.05) is 0 Å². The van der Waals surface area contributed by atoms with Crippen LogP contribution in [0, 0.1) is 0 Å². The maximum absolute atomic E-state index is 10.8. The van der Waals surface area contributed by atoms with Crippen LogP contribution in [0.1, 0.15) is 28.8 Å². The van der Waals surface area contributed by atoms with E-state index in [1.54, 1.807) is 25.1 Å². The van der Waals surface area contributed by atoms with Gasteiger partial charge in [0.25, 0.3) is 0 Å². The minimum Gasteiger partial charge on any atom is -0.477 e. The largest absolute Gasteiger partial charge is 0.477 e. The SMILES string of the molecule is C/C(=C/c1ccco1)c1oncc1C(=O)O. The summed E-state index contributed by atoms with van der Waals surface area (Å²) in [6.07, 6.45) is 4.40. The number of aromatic nitrogens is 1. The Labute approximate surface area is 91.0 Å². The van der Waals surface area contributed by atoms with Crippen molar-refractivity contribution in [2.45, 2.75) is 6.92 Å². The highest BCUT2D eigenvalue weighted by atomic mass is 16.5.